The first-order valence-corrected chi connectivity index (χ1v) is 13.1. The van der Waals surface area contributed by atoms with Gasteiger partial charge in [0.1, 0.15) is 22.4 Å². The Morgan fingerprint density at radius 3 is 2.63 bits per heavy atom. The molecule has 3 aromatic rings. The van der Waals surface area contributed by atoms with Gasteiger partial charge in [-0.25, -0.2) is 9.97 Å². The molecule has 0 aliphatic heterocycles. The molecule has 9 nitrogen and oxygen atoms in total. The van der Waals surface area contributed by atoms with Gasteiger partial charge < -0.3 is 26.0 Å². The van der Waals surface area contributed by atoms with Crippen LogP contribution >= 0.6 is 11.3 Å². The van der Waals surface area contributed by atoms with Crippen molar-refractivity contribution >= 4 is 33.3 Å². The fourth-order valence-electron chi connectivity index (χ4n) is 5.02. The molecule has 3 aromatic heterocycles. The lowest BCUT2D eigenvalue weighted by atomic mass is 9.87. The van der Waals surface area contributed by atoms with Gasteiger partial charge in [-0.2, -0.15) is 4.98 Å². The standard InChI is InChI=1S/C25H34N6O3S/c1-13-19(23-30-17-10-26-7-6-18(17)35-23)22(29-16-8-15(11-32)20(33)21(16)34)31-24(28-13)27-12-25(2,3)9-14-4-5-14/h6-7,10,14-16,20-21,32-34H,4-5,8-9,11-12H2,1-3H3,(H2,27,28,29,31). The maximum atomic E-state index is 10.6. The highest BCUT2D eigenvalue weighted by Crippen LogP contribution is 2.41. The minimum atomic E-state index is -1.01. The highest BCUT2D eigenvalue weighted by molar-refractivity contribution is 7.21. The summed E-state index contributed by atoms with van der Waals surface area (Å²) in [4.78, 5) is 18.5. The number of anilines is 2. The monoisotopic (exact) mass is 498 g/mol. The van der Waals surface area contributed by atoms with Crippen LogP contribution in [0.3, 0.4) is 0 Å². The lowest BCUT2D eigenvalue weighted by Gasteiger charge is -2.26. The van der Waals surface area contributed by atoms with Crippen LogP contribution in [0.5, 0.6) is 0 Å². The number of aliphatic hydroxyl groups excluding tert-OH is 3. The van der Waals surface area contributed by atoms with E-state index in [9.17, 15) is 15.3 Å². The number of pyridine rings is 1. The predicted molar refractivity (Wildman–Crippen MR) is 137 cm³/mol. The van der Waals surface area contributed by atoms with Crippen LogP contribution in [0.1, 0.15) is 45.2 Å². The van der Waals surface area contributed by atoms with Gasteiger partial charge >= 0.3 is 0 Å². The molecule has 10 heteroatoms. The number of rotatable bonds is 9. The van der Waals surface area contributed by atoms with Gasteiger partial charge in [-0.3, -0.25) is 4.98 Å². The van der Waals surface area contributed by atoms with Crippen LogP contribution in [-0.2, 0) is 0 Å². The van der Waals surface area contributed by atoms with E-state index in [4.69, 9.17) is 15.0 Å². The first-order valence-electron chi connectivity index (χ1n) is 12.3. The zero-order valence-corrected chi connectivity index (χ0v) is 21.2. The molecule has 0 bridgehead atoms. The molecule has 2 aliphatic rings. The molecule has 188 valence electrons. The second kappa shape index (κ2) is 9.57. The summed E-state index contributed by atoms with van der Waals surface area (Å²) in [6.07, 6.45) is 5.74. The van der Waals surface area contributed by atoms with Gasteiger partial charge in [0.05, 0.1) is 34.3 Å². The van der Waals surface area contributed by atoms with E-state index in [0.717, 1.165) is 38.9 Å². The van der Waals surface area contributed by atoms with E-state index in [-0.39, 0.29) is 17.9 Å². The topological polar surface area (TPSA) is 136 Å². The Balaban J connectivity index is 1.47. The summed E-state index contributed by atoms with van der Waals surface area (Å²) in [5.74, 6) is 1.52. The van der Waals surface area contributed by atoms with E-state index < -0.39 is 18.2 Å². The van der Waals surface area contributed by atoms with Crippen LogP contribution in [0.2, 0.25) is 0 Å². The minimum absolute atomic E-state index is 0.130. The number of hydrogen-bond donors (Lipinski definition) is 5. The molecule has 2 fully saturated rings. The average molecular weight is 499 g/mol. The quantitative estimate of drug-likeness (QED) is 0.301. The van der Waals surface area contributed by atoms with E-state index in [2.05, 4.69) is 29.5 Å². The van der Waals surface area contributed by atoms with E-state index in [0.29, 0.717) is 18.2 Å². The third-order valence-corrected chi connectivity index (χ3v) is 8.17. The summed E-state index contributed by atoms with van der Waals surface area (Å²) >= 11 is 1.54. The summed E-state index contributed by atoms with van der Waals surface area (Å²) in [5, 5.41) is 38.1. The average Bonchev–Trinajstić information content (AvgIpc) is 3.45. The van der Waals surface area contributed by atoms with Crippen molar-refractivity contribution < 1.29 is 15.3 Å². The predicted octanol–water partition coefficient (Wildman–Crippen LogP) is 3.21. The maximum Gasteiger partial charge on any atom is 0.224 e. The highest BCUT2D eigenvalue weighted by Gasteiger charge is 2.41. The van der Waals surface area contributed by atoms with Crippen molar-refractivity contribution in [2.75, 3.05) is 23.8 Å². The molecule has 4 atom stereocenters. The van der Waals surface area contributed by atoms with E-state index in [1.807, 2.05) is 13.0 Å². The zero-order chi connectivity index (χ0) is 24.7. The number of fused-ring (bicyclic) bond motifs is 1. The third kappa shape index (κ3) is 5.25. The van der Waals surface area contributed by atoms with Gasteiger partial charge in [0, 0.05) is 25.3 Å². The zero-order valence-electron chi connectivity index (χ0n) is 20.4. The molecule has 5 N–H and O–H groups in total. The van der Waals surface area contributed by atoms with Crippen LogP contribution in [-0.4, -0.2) is 66.7 Å². The number of thiazole rings is 1. The Labute approximate surface area is 209 Å². The van der Waals surface area contributed by atoms with Crippen LogP contribution in [0.25, 0.3) is 20.8 Å². The van der Waals surface area contributed by atoms with E-state index >= 15 is 0 Å². The maximum absolute atomic E-state index is 10.6. The normalized spacial score (nSPS) is 24.7. The smallest absolute Gasteiger partial charge is 0.224 e. The van der Waals surface area contributed by atoms with Gasteiger partial charge in [-0.1, -0.05) is 26.7 Å². The summed E-state index contributed by atoms with van der Waals surface area (Å²) < 4.78 is 1.01. The van der Waals surface area contributed by atoms with Gasteiger partial charge in [-0.05, 0) is 37.2 Å². The fraction of sp³-hybridized carbons (Fsp3) is 0.600. The minimum Gasteiger partial charge on any atom is -0.396 e. The van der Waals surface area contributed by atoms with Crippen LogP contribution < -0.4 is 10.6 Å². The molecule has 4 unspecified atom stereocenters. The van der Waals surface area contributed by atoms with Crippen molar-refractivity contribution in [3.8, 4) is 10.6 Å². The van der Waals surface area contributed by atoms with Crippen molar-refractivity contribution in [2.45, 2.75) is 64.7 Å². The van der Waals surface area contributed by atoms with E-state index in [1.165, 1.54) is 30.6 Å². The Bertz CT molecular complexity index is 1160. The second-order valence-corrected chi connectivity index (χ2v) is 11.8. The van der Waals surface area contributed by atoms with Crippen molar-refractivity contribution in [1.29, 1.82) is 0 Å². The first-order chi connectivity index (χ1) is 16.7. The van der Waals surface area contributed by atoms with Gasteiger partial charge in [0.2, 0.25) is 5.95 Å². The summed E-state index contributed by atoms with van der Waals surface area (Å²) in [5.41, 5.74) is 2.47. The Morgan fingerprint density at radius 1 is 1.14 bits per heavy atom. The summed E-state index contributed by atoms with van der Waals surface area (Å²) in [6, 6.07) is 1.48. The summed E-state index contributed by atoms with van der Waals surface area (Å²) in [6.45, 7) is 7.04. The Kier molecular flexibility index (Phi) is 6.65. The lowest BCUT2D eigenvalue weighted by Crippen LogP contribution is -2.36. The van der Waals surface area contributed by atoms with Crippen molar-refractivity contribution in [2.24, 2.45) is 17.3 Å². The molecule has 35 heavy (non-hydrogen) atoms. The fourth-order valence-corrected chi connectivity index (χ4v) is 6.05. The van der Waals surface area contributed by atoms with Crippen molar-refractivity contribution in [3.05, 3.63) is 24.2 Å². The number of aryl methyl sites for hydroxylation is 1. The van der Waals surface area contributed by atoms with Crippen LogP contribution in [0.15, 0.2) is 18.5 Å². The van der Waals surface area contributed by atoms with Crippen LogP contribution in [0.4, 0.5) is 11.8 Å². The largest absolute Gasteiger partial charge is 0.396 e. The number of aromatic nitrogens is 4. The van der Waals surface area contributed by atoms with Gasteiger partial charge in [0.15, 0.2) is 0 Å². The molecule has 0 aromatic carbocycles. The van der Waals surface area contributed by atoms with Gasteiger partial charge in [0.25, 0.3) is 0 Å². The molecular weight excluding hydrogens is 464 g/mol. The third-order valence-electron chi connectivity index (χ3n) is 7.12. The molecule has 5 rings (SSSR count). The number of nitrogens with zero attached hydrogens (tertiary/aromatic N) is 4. The molecule has 0 amide bonds. The van der Waals surface area contributed by atoms with Gasteiger partial charge in [-0.15, -0.1) is 11.3 Å². The first kappa shape index (κ1) is 24.3. The molecule has 3 heterocycles. The SMILES string of the molecule is Cc1nc(NCC(C)(C)CC2CC2)nc(NC2CC(CO)C(O)C2O)c1-c1nc2cnccc2s1. The summed E-state index contributed by atoms with van der Waals surface area (Å²) in [7, 11) is 0. The number of aliphatic hydroxyl groups is 3. The molecule has 0 radical (unpaired) electrons. The molecule has 2 saturated carbocycles. The Morgan fingerprint density at radius 2 is 1.94 bits per heavy atom. The number of nitrogens with one attached hydrogen (secondary N) is 2. The Hall–Kier alpha value is -2.40. The highest BCUT2D eigenvalue weighted by atomic mass is 32.1. The van der Waals surface area contributed by atoms with Crippen LogP contribution in [0, 0.1) is 24.2 Å². The van der Waals surface area contributed by atoms with E-state index in [1.54, 1.807) is 12.4 Å². The molecule has 0 saturated heterocycles. The van der Waals surface area contributed by atoms with Crippen molar-refractivity contribution in [3.63, 3.8) is 0 Å². The lowest BCUT2D eigenvalue weighted by molar-refractivity contribution is 0.00446. The van der Waals surface area contributed by atoms with Crippen molar-refractivity contribution in [1.82, 2.24) is 19.9 Å². The molecule has 2 aliphatic carbocycles. The number of hydrogen-bond acceptors (Lipinski definition) is 10. The second-order valence-electron chi connectivity index (χ2n) is 10.8. The molecular formula is C25H34N6O3S. The molecule has 0 spiro atoms.